The number of carbonyl (C=O) groups excluding carboxylic acids is 1. The number of pyridine rings is 1. The van der Waals surface area contributed by atoms with Crippen molar-refractivity contribution in [1.29, 1.82) is 0 Å². The number of hydrogen-bond acceptors (Lipinski definition) is 5. The van der Waals surface area contributed by atoms with Gasteiger partial charge in [0.1, 0.15) is 18.1 Å². The van der Waals surface area contributed by atoms with E-state index in [0.29, 0.717) is 31.8 Å². The van der Waals surface area contributed by atoms with Gasteiger partial charge >= 0.3 is 0 Å². The zero-order valence-corrected chi connectivity index (χ0v) is 13.7. The van der Waals surface area contributed by atoms with Gasteiger partial charge in [0.2, 0.25) is 0 Å². The molecule has 7 heteroatoms. The van der Waals surface area contributed by atoms with Gasteiger partial charge in [-0.2, -0.15) is 0 Å². The summed E-state index contributed by atoms with van der Waals surface area (Å²) in [7, 11) is 1.64. The monoisotopic (exact) mass is 315 g/mol. The topological polar surface area (TPSA) is 73.1 Å². The first-order valence-corrected chi connectivity index (χ1v) is 7.74. The average Bonchev–Trinajstić information content (AvgIpc) is 2.81. The third kappa shape index (κ3) is 3.10. The summed E-state index contributed by atoms with van der Waals surface area (Å²) in [5.74, 6) is 1.67. The molecule has 2 aromatic heterocycles. The molecule has 1 atom stereocenters. The van der Waals surface area contributed by atoms with Crippen molar-refractivity contribution in [3.63, 3.8) is 0 Å². The quantitative estimate of drug-likeness (QED) is 0.851. The molecule has 0 saturated carbocycles. The summed E-state index contributed by atoms with van der Waals surface area (Å²) in [6.45, 7) is 5.63. The van der Waals surface area contributed by atoms with Crippen molar-refractivity contribution < 1.29 is 9.53 Å². The fourth-order valence-corrected chi connectivity index (χ4v) is 2.93. The predicted molar refractivity (Wildman–Crippen MR) is 83.9 cm³/mol. The number of aromatic nitrogens is 4. The van der Waals surface area contributed by atoms with E-state index in [1.54, 1.807) is 13.2 Å². The second-order valence-corrected chi connectivity index (χ2v) is 5.83. The highest BCUT2D eigenvalue weighted by Gasteiger charge is 2.28. The molecular formula is C16H21N5O2. The van der Waals surface area contributed by atoms with Gasteiger partial charge in [-0.15, -0.1) is 10.2 Å². The molecule has 0 aromatic carbocycles. The minimum absolute atomic E-state index is 0.0341. The largest absolute Gasteiger partial charge is 0.377 e. The number of carbonyl (C=O) groups is 1. The third-order valence-electron chi connectivity index (χ3n) is 4.12. The Balaban J connectivity index is 1.82. The molecule has 0 saturated heterocycles. The molecule has 3 heterocycles. The molecule has 0 spiro atoms. The van der Waals surface area contributed by atoms with E-state index in [4.69, 9.17) is 4.74 Å². The number of nitrogens with zero attached hydrogens (tertiary/aromatic N) is 5. The summed E-state index contributed by atoms with van der Waals surface area (Å²) in [6.07, 6.45) is 0.675. The summed E-state index contributed by atoms with van der Waals surface area (Å²) < 4.78 is 7.22. The fraction of sp³-hybridized carbons (Fsp3) is 0.500. The molecule has 0 radical (unpaired) electrons. The lowest BCUT2D eigenvalue weighted by Crippen LogP contribution is -2.40. The van der Waals surface area contributed by atoms with Gasteiger partial charge in [0, 0.05) is 38.4 Å². The molecule has 122 valence electrons. The number of hydrogen-bond donors (Lipinski definition) is 0. The SMILES string of the molecule is COCc1nnc2n1CCN(C(=O)c1cccc(C)n1)[C@@H](C)C2. The number of fused-ring (bicyclic) bond motifs is 1. The van der Waals surface area contributed by atoms with Crippen molar-refractivity contribution in [2.45, 2.75) is 39.5 Å². The highest BCUT2D eigenvalue weighted by atomic mass is 16.5. The van der Waals surface area contributed by atoms with Gasteiger partial charge in [-0.1, -0.05) is 6.07 Å². The van der Waals surface area contributed by atoms with Crippen molar-refractivity contribution >= 4 is 5.91 Å². The maximum atomic E-state index is 12.8. The summed E-state index contributed by atoms with van der Waals surface area (Å²) in [5.41, 5.74) is 1.34. The molecule has 1 aliphatic rings. The summed E-state index contributed by atoms with van der Waals surface area (Å²) in [6, 6.07) is 5.57. The molecule has 0 N–H and O–H groups in total. The van der Waals surface area contributed by atoms with E-state index in [1.165, 1.54) is 0 Å². The number of amides is 1. The smallest absolute Gasteiger partial charge is 0.272 e. The van der Waals surface area contributed by atoms with E-state index >= 15 is 0 Å². The lowest BCUT2D eigenvalue weighted by Gasteiger charge is -2.26. The molecular weight excluding hydrogens is 294 g/mol. The van der Waals surface area contributed by atoms with E-state index in [2.05, 4.69) is 19.7 Å². The number of ether oxygens (including phenoxy) is 1. The Labute approximate surface area is 135 Å². The second kappa shape index (κ2) is 6.45. The van der Waals surface area contributed by atoms with Gasteiger partial charge in [-0.25, -0.2) is 4.98 Å². The Morgan fingerprint density at radius 3 is 2.91 bits per heavy atom. The first kappa shape index (κ1) is 15.6. The van der Waals surface area contributed by atoms with Crippen LogP contribution in [0, 0.1) is 6.92 Å². The Morgan fingerprint density at radius 1 is 1.35 bits per heavy atom. The van der Waals surface area contributed by atoms with Gasteiger partial charge < -0.3 is 14.2 Å². The van der Waals surface area contributed by atoms with E-state index in [9.17, 15) is 4.79 Å². The van der Waals surface area contributed by atoms with Crippen LogP contribution in [0.4, 0.5) is 0 Å². The Kier molecular flexibility index (Phi) is 4.38. The molecule has 2 aromatic rings. The van der Waals surface area contributed by atoms with Gasteiger partial charge in [0.15, 0.2) is 5.82 Å². The summed E-state index contributed by atoms with van der Waals surface area (Å²) >= 11 is 0. The van der Waals surface area contributed by atoms with Crippen LogP contribution in [0.3, 0.4) is 0 Å². The average molecular weight is 315 g/mol. The molecule has 1 aliphatic heterocycles. The van der Waals surface area contributed by atoms with Crippen LogP contribution in [0.15, 0.2) is 18.2 Å². The Morgan fingerprint density at radius 2 is 2.17 bits per heavy atom. The standard InChI is InChI=1S/C16H21N5O2/c1-11-5-4-6-13(17-11)16(22)20-7-8-21-14(9-12(20)2)18-19-15(21)10-23-3/h4-6,12H,7-10H2,1-3H3/t12-/m0/s1. The number of methoxy groups -OCH3 is 1. The molecule has 0 aliphatic carbocycles. The van der Waals surface area contributed by atoms with Crippen LogP contribution >= 0.6 is 0 Å². The number of aryl methyl sites for hydroxylation is 1. The van der Waals surface area contributed by atoms with Crippen molar-refractivity contribution in [1.82, 2.24) is 24.6 Å². The fourth-order valence-electron chi connectivity index (χ4n) is 2.93. The van der Waals surface area contributed by atoms with Crippen LogP contribution in [0.2, 0.25) is 0 Å². The van der Waals surface area contributed by atoms with Crippen molar-refractivity contribution in [3.05, 3.63) is 41.2 Å². The zero-order valence-electron chi connectivity index (χ0n) is 13.7. The van der Waals surface area contributed by atoms with E-state index in [1.807, 2.05) is 30.9 Å². The maximum absolute atomic E-state index is 12.8. The van der Waals surface area contributed by atoms with Crippen LogP contribution in [0.5, 0.6) is 0 Å². The first-order chi connectivity index (χ1) is 11.1. The summed E-state index contributed by atoms with van der Waals surface area (Å²) in [4.78, 5) is 19.0. The lowest BCUT2D eigenvalue weighted by molar-refractivity contribution is 0.0688. The predicted octanol–water partition coefficient (Wildman–Crippen LogP) is 1.21. The van der Waals surface area contributed by atoms with Gasteiger partial charge in [0.05, 0.1) is 0 Å². The molecule has 1 amide bonds. The maximum Gasteiger partial charge on any atom is 0.272 e. The van der Waals surface area contributed by atoms with Gasteiger partial charge in [-0.05, 0) is 26.0 Å². The van der Waals surface area contributed by atoms with Crippen LogP contribution in [0.1, 0.15) is 34.8 Å². The van der Waals surface area contributed by atoms with Crippen LogP contribution in [-0.2, 0) is 24.3 Å². The van der Waals surface area contributed by atoms with Crippen molar-refractivity contribution in [3.8, 4) is 0 Å². The van der Waals surface area contributed by atoms with Crippen LogP contribution in [0.25, 0.3) is 0 Å². The molecule has 0 bridgehead atoms. The van der Waals surface area contributed by atoms with Gasteiger partial charge in [0.25, 0.3) is 5.91 Å². The minimum atomic E-state index is -0.0341. The lowest BCUT2D eigenvalue weighted by atomic mass is 10.2. The van der Waals surface area contributed by atoms with Gasteiger partial charge in [-0.3, -0.25) is 4.79 Å². The van der Waals surface area contributed by atoms with Crippen molar-refractivity contribution in [2.24, 2.45) is 0 Å². The third-order valence-corrected chi connectivity index (χ3v) is 4.12. The van der Waals surface area contributed by atoms with Crippen LogP contribution in [-0.4, -0.2) is 50.3 Å². The van der Waals surface area contributed by atoms with Crippen LogP contribution < -0.4 is 0 Å². The highest BCUT2D eigenvalue weighted by Crippen LogP contribution is 2.17. The molecule has 7 nitrogen and oxygen atoms in total. The second-order valence-electron chi connectivity index (χ2n) is 5.83. The van der Waals surface area contributed by atoms with E-state index < -0.39 is 0 Å². The first-order valence-electron chi connectivity index (χ1n) is 7.74. The number of rotatable bonds is 3. The molecule has 23 heavy (non-hydrogen) atoms. The van der Waals surface area contributed by atoms with E-state index in [0.717, 1.165) is 17.3 Å². The minimum Gasteiger partial charge on any atom is -0.377 e. The molecule has 0 fully saturated rings. The zero-order chi connectivity index (χ0) is 16.4. The Hall–Kier alpha value is -2.28. The normalized spacial score (nSPS) is 17.7. The Bertz CT molecular complexity index is 712. The van der Waals surface area contributed by atoms with E-state index in [-0.39, 0.29) is 11.9 Å². The summed E-state index contributed by atoms with van der Waals surface area (Å²) in [5, 5.41) is 8.42. The van der Waals surface area contributed by atoms with Crippen molar-refractivity contribution in [2.75, 3.05) is 13.7 Å². The molecule has 3 rings (SSSR count). The molecule has 0 unspecified atom stereocenters. The highest BCUT2D eigenvalue weighted by molar-refractivity contribution is 5.92.